The maximum atomic E-state index is 13.7. The summed E-state index contributed by atoms with van der Waals surface area (Å²) in [4.78, 5) is 43.2. The van der Waals surface area contributed by atoms with Crippen LogP contribution in [0.3, 0.4) is 0 Å². The number of carbonyl (C=O) groups is 2. The molecular weight excluding hydrogens is 540 g/mol. The number of carboxylic acids is 1. The van der Waals surface area contributed by atoms with E-state index >= 15 is 0 Å². The number of esters is 1. The number of aryl methyl sites for hydroxylation is 1. The molecule has 0 bridgehead atoms. The Hall–Kier alpha value is -4.21. The van der Waals surface area contributed by atoms with Crippen LogP contribution in [0.4, 0.5) is 0 Å². The van der Waals surface area contributed by atoms with Crippen molar-refractivity contribution >= 4 is 41.0 Å². The number of allylic oxidation sites excluding steroid dienone is 1. The first-order valence-electron chi connectivity index (χ1n) is 12.1. The van der Waals surface area contributed by atoms with Crippen molar-refractivity contribution in [3.63, 3.8) is 0 Å². The summed E-state index contributed by atoms with van der Waals surface area (Å²) in [6.07, 6.45) is 1.61. The van der Waals surface area contributed by atoms with Crippen LogP contribution in [-0.4, -0.2) is 28.2 Å². The number of ether oxygens (including phenoxy) is 1. The number of halogens is 1. The number of nitrogens with zero attached hydrogens (tertiary/aromatic N) is 2. The summed E-state index contributed by atoms with van der Waals surface area (Å²) in [6, 6.07) is 14.9. The molecule has 1 unspecified atom stereocenters. The fourth-order valence-electron chi connectivity index (χ4n) is 4.41. The van der Waals surface area contributed by atoms with E-state index in [0.717, 1.165) is 11.1 Å². The third kappa shape index (κ3) is 4.98. The second-order valence-corrected chi connectivity index (χ2v) is 10.3. The second-order valence-electron chi connectivity index (χ2n) is 8.91. The van der Waals surface area contributed by atoms with Crippen molar-refractivity contribution in [2.75, 3.05) is 6.61 Å². The lowest BCUT2D eigenvalue weighted by Crippen LogP contribution is -2.39. The number of thiazole rings is 1. The van der Waals surface area contributed by atoms with Gasteiger partial charge in [0, 0.05) is 11.6 Å². The van der Waals surface area contributed by atoms with Gasteiger partial charge in [0.25, 0.3) is 5.56 Å². The Morgan fingerprint density at radius 3 is 2.59 bits per heavy atom. The van der Waals surface area contributed by atoms with Crippen LogP contribution >= 0.6 is 22.9 Å². The number of hydrogen-bond acceptors (Lipinski definition) is 7. The van der Waals surface area contributed by atoms with Crippen LogP contribution in [0.15, 0.2) is 80.1 Å². The lowest BCUT2D eigenvalue weighted by atomic mass is 9.95. The van der Waals surface area contributed by atoms with E-state index in [1.54, 1.807) is 38.1 Å². The van der Waals surface area contributed by atoms with Crippen molar-refractivity contribution in [3.8, 4) is 11.3 Å². The van der Waals surface area contributed by atoms with Gasteiger partial charge in [-0.3, -0.25) is 9.36 Å². The van der Waals surface area contributed by atoms with E-state index in [1.807, 2.05) is 31.2 Å². The van der Waals surface area contributed by atoms with Gasteiger partial charge in [-0.2, -0.15) is 0 Å². The molecule has 2 aromatic heterocycles. The molecule has 2 aromatic carbocycles. The SMILES string of the molecule is CCOC(=O)C1=C(C)N=c2s/c(=C\c3ccc(-c4ccc(Cl)c(C(=O)O)c4)o3)c(=O)n2C1c1ccc(C)cc1. The number of fused-ring (bicyclic) bond motifs is 1. The minimum absolute atomic E-state index is 0.0377. The van der Waals surface area contributed by atoms with Crippen molar-refractivity contribution in [1.82, 2.24) is 4.57 Å². The van der Waals surface area contributed by atoms with Gasteiger partial charge in [0.05, 0.1) is 39.0 Å². The molecule has 198 valence electrons. The smallest absolute Gasteiger partial charge is 0.338 e. The molecule has 0 aliphatic carbocycles. The van der Waals surface area contributed by atoms with Gasteiger partial charge >= 0.3 is 11.9 Å². The lowest BCUT2D eigenvalue weighted by Gasteiger charge is -2.24. The molecule has 0 saturated carbocycles. The average Bonchev–Trinajstić information content (AvgIpc) is 3.48. The summed E-state index contributed by atoms with van der Waals surface area (Å²) in [7, 11) is 0. The molecule has 5 rings (SSSR count). The predicted molar refractivity (Wildman–Crippen MR) is 148 cm³/mol. The Kier molecular flexibility index (Phi) is 7.12. The predicted octanol–water partition coefficient (Wildman–Crippen LogP) is 4.72. The van der Waals surface area contributed by atoms with Crippen molar-refractivity contribution in [2.24, 2.45) is 4.99 Å². The number of benzene rings is 2. The highest BCUT2D eigenvalue weighted by Gasteiger charge is 2.33. The molecule has 1 atom stereocenters. The quantitative estimate of drug-likeness (QED) is 0.340. The third-order valence-electron chi connectivity index (χ3n) is 6.29. The van der Waals surface area contributed by atoms with Crippen LogP contribution in [0, 0.1) is 6.92 Å². The van der Waals surface area contributed by atoms with Gasteiger partial charge in [-0.15, -0.1) is 0 Å². The van der Waals surface area contributed by atoms with E-state index in [0.29, 0.717) is 37.7 Å². The Balaban J connectivity index is 1.61. The first kappa shape index (κ1) is 26.4. The van der Waals surface area contributed by atoms with Crippen LogP contribution < -0.4 is 14.9 Å². The van der Waals surface area contributed by atoms with Gasteiger partial charge < -0.3 is 14.3 Å². The van der Waals surface area contributed by atoms with Gasteiger partial charge in [-0.1, -0.05) is 52.8 Å². The average molecular weight is 563 g/mol. The lowest BCUT2D eigenvalue weighted by molar-refractivity contribution is -0.139. The first-order valence-corrected chi connectivity index (χ1v) is 13.3. The summed E-state index contributed by atoms with van der Waals surface area (Å²) >= 11 is 7.17. The van der Waals surface area contributed by atoms with Gasteiger partial charge in [0.1, 0.15) is 11.5 Å². The molecular formula is C29H23ClN2O6S. The molecule has 0 fully saturated rings. The van der Waals surface area contributed by atoms with Crippen LogP contribution in [0.1, 0.15) is 47.1 Å². The molecule has 1 aliphatic heterocycles. The molecule has 10 heteroatoms. The zero-order valence-corrected chi connectivity index (χ0v) is 22.8. The zero-order valence-electron chi connectivity index (χ0n) is 21.2. The highest BCUT2D eigenvalue weighted by Crippen LogP contribution is 2.31. The fraction of sp³-hybridized carbons (Fsp3) is 0.172. The van der Waals surface area contributed by atoms with E-state index in [-0.39, 0.29) is 22.8 Å². The topological polar surface area (TPSA) is 111 Å². The number of furan rings is 1. The number of carboxylic acid groups (broad SMARTS) is 1. The maximum Gasteiger partial charge on any atom is 0.338 e. The second kappa shape index (κ2) is 10.5. The van der Waals surface area contributed by atoms with Crippen molar-refractivity contribution < 1.29 is 23.8 Å². The third-order valence-corrected chi connectivity index (χ3v) is 7.60. The highest BCUT2D eigenvalue weighted by molar-refractivity contribution is 7.07. The summed E-state index contributed by atoms with van der Waals surface area (Å²) < 4.78 is 13.1. The maximum absolute atomic E-state index is 13.7. The number of hydrogen-bond donors (Lipinski definition) is 1. The number of rotatable bonds is 6. The Labute approximate surface area is 231 Å². The Morgan fingerprint density at radius 2 is 1.90 bits per heavy atom. The van der Waals surface area contributed by atoms with Crippen molar-refractivity contribution in [2.45, 2.75) is 26.8 Å². The van der Waals surface area contributed by atoms with Crippen LogP contribution in [0.25, 0.3) is 17.4 Å². The van der Waals surface area contributed by atoms with Gasteiger partial charge in [0.2, 0.25) is 0 Å². The van der Waals surface area contributed by atoms with Crippen LogP contribution in [-0.2, 0) is 9.53 Å². The van der Waals surface area contributed by atoms with Gasteiger partial charge in [-0.25, -0.2) is 14.6 Å². The van der Waals surface area contributed by atoms with Crippen LogP contribution in [0.2, 0.25) is 5.02 Å². The highest BCUT2D eigenvalue weighted by atomic mass is 35.5. The molecule has 0 spiro atoms. The molecule has 4 aromatic rings. The number of aromatic nitrogens is 1. The first-order chi connectivity index (χ1) is 18.7. The van der Waals surface area contributed by atoms with Crippen molar-refractivity contribution in [1.29, 1.82) is 0 Å². The Bertz CT molecular complexity index is 1830. The molecule has 1 aliphatic rings. The largest absolute Gasteiger partial charge is 0.478 e. The summed E-state index contributed by atoms with van der Waals surface area (Å²) in [5.74, 6) is -0.838. The molecule has 0 amide bonds. The summed E-state index contributed by atoms with van der Waals surface area (Å²) in [6.45, 7) is 5.63. The van der Waals surface area contributed by atoms with E-state index in [4.69, 9.17) is 20.8 Å². The molecule has 8 nitrogen and oxygen atoms in total. The minimum atomic E-state index is -1.14. The molecule has 1 N–H and O–H groups in total. The normalized spacial score (nSPS) is 15.2. The molecule has 3 heterocycles. The van der Waals surface area contributed by atoms with E-state index in [1.165, 1.54) is 28.0 Å². The standard InChI is InChI=1S/C29H23ClN2O6S/c1-4-37-28(36)24-16(3)31-29-32(25(24)17-7-5-15(2)6-8-17)26(33)23(39-29)14-19-10-12-22(38-19)18-9-11-21(30)20(13-18)27(34)35/h5-14,25H,4H2,1-3H3,(H,34,35)/b23-14-. The number of aromatic carboxylic acids is 1. The van der Waals surface area contributed by atoms with Crippen LogP contribution in [0.5, 0.6) is 0 Å². The van der Waals surface area contributed by atoms with Gasteiger partial charge in [0.15, 0.2) is 4.80 Å². The molecule has 39 heavy (non-hydrogen) atoms. The Morgan fingerprint density at radius 1 is 1.15 bits per heavy atom. The summed E-state index contributed by atoms with van der Waals surface area (Å²) in [5, 5.41) is 9.49. The fourth-order valence-corrected chi connectivity index (χ4v) is 5.64. The minimum Gasteiger partial charge on any atom is -0.478 e. The monoisotopic (exact) mass is 562 g/mol. The molecule has 0 saturated heterocycles. The van der Waals surface area contributed by atoms with Gasteiger partial charge in [-0.05, 0) is 56.7 Å². The summed E-state index contributed by atoms with van der Waals surface area (Å²) in [5.41, 5.74) is 2.80. The van der Waals surface area contributed by atoms with E-state index in [9.17, 15) is 19.5 Å². The van der Waals surface area contributed by atoms with Crippen molar-refractivity contribution in [3.05, 3.63) is 113 Å². The van der Waals surface area contributed by atoms with E-state index < -0.39 is 18.0 Å². The zero-order chi connectivity index (χ0) is 27.8. The molecule has 0 radical (unpaired) electrons. The van der Waals surface area contributed by atoms with E-state index in [2.05, 4.69) is 4.99 Å². The number of carbonyl (C=O) groups excluding carboxylic acids is 1.